The molecule has 7 nitrogen and oxygen atoms in total. The number of carboxylic acid groups (broad SMARTS) is 1. The van der Waals surface area contributed by atoms with Gasteiger partial charge in [0.1, 0.15) is 0 Å². The van der Waals surface area contributed by atoms with Crippen LogP contribution in [0.25, 0.3) is 23.1 Å². The zero-order chi connectivity index (χ0) is 31.9. The highest BCUT2D eigenvalue weighted by Gasteiger charge is 2.65. The molecule has 234 valence electrons. The number of para-hydroxylation sites is 1. The number of carbonyl (C=O) groups excluding carboxylic acids is 1. The minimum Gasteiger partial charge on any atom is -0.475 e. The number of halogens is 3. The summed E-state index contributed by atoms with van der Waals surface area (Å²) in [6.07, 6.45) is 3.94. The monoisotopic (exact) mass is 616 g/mol. The van der Waals surface area contributed by atoms with Crippen LogP contribution in [0.15, 0.2) is 66.7 Å². The zero-order valence-corrected chi connectivity index (χ0v) is 25.1. The van der Waals surface area contributed by atoms with Crippen molar-refractivity contribution in [2.75, 3.05) is 5.32 Å². The van der Waals surface area contributed by atoms with Crippen LogP contribution in [0, 0.1) is 0 Å². The number of alkyl halides is 3. The molecule has 1 aliphatic carbocycles. The summed E-state index contributed by atoms with van der Waals surface area (Å²) < 4.78 is 31.7. The molecule has 0 radical (unpaired) electrons. The van der Waals surface area contributed by atoms with E-state index in [0.717, 1.165) is 40.8 Å². The average molecular weight is 617 g/mol. The SMILES string of the molecule is C[C@@H]1CCC[C@H](C)N1Cc1ccc(C=Cc2n[nH]c3cc([C@@H]4C[C@@]45C(=O)Nc4ccccc45)ccc23)cc1.O=C(O)C(F)(F)F. The number of amides is 1. The number of hydrogen-bond acceptors (Lipinski definition) is 4. The highest BCUT2D eigenvalue weighted by atomic mass is 19.4. The molecular formula is C35H35F3N4O3. The van der Waals surface area contributed by atoms with Gasteiger partial charge in [-0.25, -0.2) is 4.79 Å². The molecule has 1 saturated carbocycles. The Morgan fingerprint density at radius 2 is 1.73 bits per heavy atom. The quantitative estimate of drug-likeness (QED) is 0.216. The lowest BCUT2D eigenvalue weighted by Gasteiger charge is -2.39. The molecule has 1 saturated heterocycles. The summed E-state index contributed by atoms with van der Waals surface area (Å²) in [7, 11) is 0. The highest BCUT2D eigenvalue weighted by molar-refractivity contribution is 6.09. The lowest BCUT2D eigenvalue weighted by Crippen LogP contribution is -2.42. The number of carbonyl (C=O) groups is 2. The standard InChI is InChI=1S/C33H34N4O.C2HF3O2/c1-21-6-5-7-22(2)37(21)20-24-12-10-23(11-13-24)14-17-29-26-16-15-25(18-31(26)36-35-29)28-19-33(28)27-8-3-4-9-30(27)34-32(33)38;3-2(4,5)1(6)7/h3-4,8-18,21-22,28H,5-7,19-20H2,1-2H3,(H,34,38)(H,35,36);(H,6,7)/t21-,22+,28-,33-;/m0./s1. The Hall–Kier alpha value is -4.44. The second-order valence-corrected chi connectivity index (χ2v) is 12.3. The summed E-state index contributed by atoms with van der Waals surface area (Å²) in [5.41, 5.74) is 7.36. The molecule has 2 fully saturated rings. The maximum Gasteiger partial charge on any atom is 0.490 e. The van der Waals surface area contributed by atoms with Crippen LogP contribution >= 0.6 is 0 Å². The predicted octanol–water partition coefficient (Wildman–Crippen LogP) is 7.51. The number of aromatic amines is 1. The summed E-state index contributed by atoms with van der Waals surface area (Å²) in [4.78, 5) is 24.4. The molecule has 45 heavy (non-hydrogen) atoms. The highest BCUT2D eigenvalue weighted by Crippen LogP contribution is 2.65. The van der Waals surface area contributed by atoms with Gasteiger partial charge < -0.3 is 10.4 Å². The number of aromatic nitrogens is 2. The van der Waals surface area contributed by atoms with E-state index < -0.39 is 17.6 Å². The van der Waals surface area contributed by atoms with Crippen molar-refractivity contribution in [1.29, 1.82) is 0 Å². The maximum atomic E-state index is 12.9. The van der Waals surface area contributed by atoms with Gasteiger partial charge in [-0.3, -0.25) is 14.8 Å². The van der Waals surface area contributed by atoms with Crippen LogP contribution in [0.1, 0.15) is 73.4 Å². The van der Waals surface area contributed by atoms with Gasteiger partial charge in [-0.15, -0.1) is 0 Å². The second kappa shape index (κ2) is 11.8. The largest absolute Gasteiger partial charge is 0.490 e. The summed E-state index contributed by atoms with van der Waals surface area (Å²) >= 11 is 0. The van der Waals surface area contributed by atoms with Crippen LogP contribution in [0.2, 0.25) is 0 Å². The van der Waals surface area contributed by atoms with E-state index in [-0.39, 0.29) is 11.8 Å². The van der Waals surface area contributed by atoms with Gasteiger partial charge in [-0.05, 0) is 73.6 Å². The number of hydrogen-bond donors (Lipinski definition) is 3. The molecule has 1 aromatic heterocycles. The van der Waals surface area contributed by atoms with E-state index in [2.05, 4.69) is 94.9 Å². The molecular weight excluding hydrogens is 581 g/mol. The van der Waals surface area contributed by atoms with Crippen molar-refractivity contribution in [3.63, 3.8) is 0 Å². The number of carboxylic acids is 1. The summed E-state index contributed by atoms with van der Waals surface area (Å²) in [5.74, 6) is -2.43. The third-order valence-electron chi connectivity index (χ3n) is 9.44. The van der Waals surface area contributed by atoms with E-state index in [1.54, 1.807) is 0 Å². The van der Waals surface area contributed by atoms with E-state index in [1.807, 2.05) is 18.2 Å². The molecule has 4 atom stereocenters. The number of nitrogens with zero attached hydrogens (tertiary/aromatic N) is 2. The summed E-state index contributed by atoms with van der Waals surface area (Å²) in [6, 6.07) is 24.8. The van der Waals surface area contributed by atoms with Gasteiger partial charge >= 0.3 is 12.1 Å². The zero-order valence-electron chi connectivity index (χ0n) is 25.1. The van der Waals surface area contributed by atoms with Crippen LogP contribution in [0.5, 0.6) is 0 Å². The number of anilines is 1. The Morgan fingerprint density at radius 3 is 2.42 bits per heavy atom. The fraction of sp³-hybridized carbons (Fsp3) is 0.343. The van der Waals surface area contributed by atoms with Crippen molar-refractivity contribution >= 4 is 40.6 Å². The molecule has 3 heterocycles. The first kappa shape index (κ1) is 30.6. The van der Waals surface area contributed by atoms with Gasteiger partial charge in [-0.2, -0.15) is 18.3 Å². The summed E-state index contributed by atoms with van der Waals surface area (Å²) in [5, 5.41) is 19.1. The number of rotatable bonds is 5. The molecule has 2 aliphatic heterocycles. The van der Waals surface area contributed by atoms with Crippen molar-refractivity contribution in [2.45, 2.75) is 75.7 Å². The Balaban J connectivity index is 0.000000460. The fourth-order valence-corrected chi connectivity index (χ4v) is 6.86. The average Bonchev–Trinajstić information content (AvgIpc) is 3.54. The smallest absolute Gasteiger partial charge is 0.475 e. The van der Waals surface area contributed by atoms with Crippen LogP contribution in [-0.2, 0) is 21.5 Å². The number of H-pyrrole nitrogens is 1. The number of piperidine rings is 1. The van der Waals surface area contributed by atoms with E-state index in [1.165, 1.54) is 36.0 Å². The molecule has 3 N–H and O–H groups in total. The van der Waals surface area contributed by atoms with Gasteiger partial charge in [0, 0.05) is 35.6 Å². The second-order valence-electron chi connectivity index (χ2n) is 12.3. The van der Waals surface area contributed by atoms with Crippen LogP contribution in [0.4, 0.5) is 18.9 Å². The minimum atomic E-state index is -5.08. The normalized spacial score (nSPS) is 24.4. The molecule has 3 aliphatic rings. The maximum absolute atomic E-state index is 12.9. The van der Waals surface area contributed by atoms with Crippen LogP contribution < -0.4 is 5.32 Å². The Kier molecular flexibility index (Phi) is 8.03. The topological polar surface area (TPSA) is 98.3 Å². The minimum absolute atomic E-state index is 0.128. The number of likely N-dealkylation sites (tertiary alicyclic amines) is 1. The van der Waals surface area contributed by atoms with Gasteiger partial charge in [0.05, 0.1) is 16.6 Å². The van der Waals surface area contributed by atoms with E-state index in [9.17, 15) is 18.0 Å². The van der Waals surface area contributed by atoms with Crippen molar-refractivity contribution in [1.82, 2.24) is 15.1 Å². The van der Waals surface area contributed by atoms with Gasteiger partial charge in [0.2, 0.25) is 5.91 Å². The molecule has 10 heteroatoms. The third-order valence-corrected chi connectivity index (χ3v) is 9.44. The number of benzene rings is 3. The van der Waals surface area contributed by atoms with Gasteiger partial charge in [0.15, 0.2) is 0 Å². The van der Waals surface area contributed by atoms with Crippen LogP contribution in [-0.4, -0.2) is 50.3 Å². The molecule has 7 rings (SSSR count). The first-order valence-electron chi connectivity index (χ1n) is 15.2. The van der Waals surface area contributed by atoms with E-state index in [4.69, 9.17) is 9.90 Å². The summed E-state index contributed by atoms with van der Waals surface area (Å²) in [6.45, 7) is 5.74. The van der Waals surface area contributed by atoms with E-state index >= 15 is 0 Å². The molecule has 0 unspecified atom stereocenters. The molecule has 1 amide bonds. The lowest BCUT2D eigenvalue weighted by atomic mass is 9.92. The Bertz CT molecular complexity index is 1750. The lowest BCUT2D eigenvalue weighted by molar-refractivity contribution is -0.192. The predicted molar refractivity (Wildman–Crippen MR) is 168 cm³/mol. The Morgan fingerprint density at radius 1 is 1.04 bits per heavy atom. The van der Waals surface area contributed by atoms with Crippen molar-refractivity contribution < 1.29 is 27.9 Å². The van der Waals surface area contributed by atoms with Crippen LogP contribution in [0.3, 0.4) is 0 Å². The van der Waals surface area contributed by atoms with Gasteiger partial charge in [0.25, 0.3) is 0 Å². The third kappa shape index (κ3) is 5.99. The first-order chi connectivity index (χ1) is 21.5. The molecule has 1 spiro atoms. The molecule has 0 bridgehead atoms. The Labute approximate surface area is 259 Å². The van der Waals surface area contributed by atoms with Gasteiger partial charge in [-0.1, -0.05) is 67.1 Å². The number of nitrogens with one attached hydrogen (secondary N) is 2. The fourth-order valence-electron chi connectivity index (χ4n) is 6.86. The molecule has 4 aromatic rings. The molecule has 3 aromatic carbocycles. The van der Waals surface area contributed by atoms with Crippen molar-refractivity contribution in [3.8, 4) is 0 Å². The number of fused-ring (bicyclic) bond motifs is 3. The first-order valence-corrected chi connectivity index (χ1v) is 15.2. The van der Waals surface area contributed by atoms with E-state index in [0.29, 0.717) is 12.1 Å². The van der Waals surface area contributed by atoms with Crippen molar-refractivity contribution in [3.05, 3.63) is 94.7 Å². The van der Waals surface area contributed by atoms with Crippen molar-refractivity contribution in [2.24, 2.45) is 0 Å². The number of aliphatic carboxylic acids is 1.